The van der Waals surface area contributed by atoms with Crippen molar-refractivity contribution < 1.29 is 8.42 Å². The summed E-state index contributed by atoms with van der Waals surface area (Å²) in [5.74, 6) is 0. The number of nitrogens with zero attached hydrogens (tertiary/aromatic N) is 2. The minimum Gasteiger partial charge on any atom is -0.312 e. The number of rotatable bonds is 5. The summed E-state index contributed by atoms with van der Waals surface area (Å²) < 4.78 is 27.4. The van der Waals surface area contributed by atoms with Crippen LogP contribution in [0.3, 0.4) is 0 Å². The maximum Gasteiger partial charge on any atom is 0.281 e. The lowest BCUT2D eigenvalue weighted by atomic mass is 10.3. The molecule has 0 saturated carbocycles. The summed E-state index contributed by atoms with van der Waals surface area (Å²) >= 11 is 0. The van der Waals surface area contributed by atoms with Crippen LogP contribution in [0.4, 0.5) is 0 Å². The maximum atomic E-state index is 12.2. The van der Waals surface area contributed by atoms with Crippen LogP contribution in [0.15, 0.2) is 0 Å². The molecule has 0 radical (unpaired) electrons. The number of piperazine rings is 1. The summed E-state index contributed by atoms with van der Waals surface area (Å²) in [4.78, 5) is 0. The first kappa shape index (κ1) is 13.9. The second-order valence-electron chi connectivity index (χ2n) is 4.40. The zero-order valence-corrected chi connectivity index (χ0v) is 11.3. The molecule has 5 nitrogen and oxygen atoms in total. The molecule has 1 rings (SSSR count). The molecular weight excluding hydrogens is 226 g/mol. The van der Waals surface area contributed by atoms with Crippen molar-refractivity contribution >= 4 is 10.2 Å². The zero-order chi connectivity index (χ0) is 12.2. The highest BCUT2D eigenvalue weighted by atomic mass is 32.2. The fraction of sp³-hybridized carbons (Fsp3) is 1.00. The average molecular weight is 249 g/mol. The highest BCUT2D eigenvalue weighted by Gasteiger charge is 2.29. The molecule has 0 bridgehead atoms. The lowest BCUT2D eigenvalue weighted by molar-refractivity contribution is 0.288. The Morgan fingerprint density at radius 1 is 1.50 bits per heavy atom. The Labute approximate surface area is 99.0 Å². The molecule has 1 N–H and O–H groups in total. The average Bonchev–Trinajstić information content (AvgIpc) is 2.25. The maximum absolute atomic E-state index is 12.2. The molecule has 6 heteroatoms. The van der Waals surface area contributed by atoms with Gasteiger partial charge in [-0.05, 0) is 13.3 Å². The van der Waals surface area contributed by atoms with E-state index in [-0.39, 0.29) is 6.04 Å². The zero-order valence-electron chi connectivity index (χ0n) is 10.4. The summed E-state index contributed by atoms with van der Waals surface area (Å²) in [6.45, 7) is 6.56. The summed E-state index contributed by atoms with van der Waals surface area (Å²) in [7, 11) is -1.58. The minimum atomic E-state index is -3.24. The molecule has 1 aliphatic rings. The Morgan fingerprint density at radius 3 is 2.75 bits per heavy atom. The van der Waals surface area contributed by atoms with Gasteiger partial charge >= 0.3 is 0 Å². The standard InChI is InChI=1S/C10H23N3O2S/c1-4-5-7-12(3)16(14,15)13-8-6-11-10(2)9-13/h10-11H,4-9H2,1-3H3/t10-/m0/s1. The monoisotopic (exact) mass is 249 g/mol. The molecule has 0 spiro atoms. The summed E-state index contributed by atoms with van der Waals surface area (Å²) in [6, 6.07) is 0.239. The highest BCUT2D eigenvalue weighted by Crippen LogP contribution is 2.10. The summed E-state index contributed by atoms with van der Waals surface area (Å²) in [6.07, 6.45) is 1.93. The molecule has 1 heterocycles. The molecule has 0 aliphatic carbocycles. The van der Waals surface area contributed by atoms with Crippen molar-refractivity contribution in [1.82, 2.24) is 13.9 Å². The van der Waals surface area contributed by atoms with Gasteiger partial charge in [-0.15, -0.1) is 0 Å². The van der Waals surface area contributed by atoms with Gasteiger partial charge in [0.25, 0.3) is 10.2 Å². The Balaban J connectivity index is 2.61. The van der Waals surface area contributed by atoms with Gasteiger partial charge in [0.05, 0.1) is 0 Å². The van der Waals surface area contributed by atoms with Gasteiger partial charge in [-0.2, -0.15) is 17.0 Å². The van der Waals surface area contributed by atoms with Crippen molar-refractivity contribution in [2.24, 2.45) is 0 Å². The summed E-state index contributed by atoms with van der Waals surface area (Å²) in [5.41, 5.74) is 0. The van der Waals surface area contributed by atoms with Gasteiger partial charge in [0, 0.05) is 39.3 Å². The van der Waals surface area contributed by atoms with E-state index in [2.05, 4.69) is 12.2 Å². The second kappa shape index (κ2) is 5.95. The third-order valence-corrected chi connectivity index (χ3v) is 4.83. The Hall–Kier alpha value is -0.170. The molecule has 0 unspecified atom stereocenters. The van der Waals surface area contributed by atoms with E-state index in [1.54, 1.807) is 11.4 Å². The number of unbranched alkanes of at least 4 members (excludes halogenated alkanes) is 1. The fourth-order valence-electron chi connectivity index (χ4n) is 1.80. The van der Waals surface area contributed by atoms with E-state index in [0.717, 1.165) is 19.4 Å². The molecule has 0 aromatic rings. The van der Waals surface area contributed by atoms with E-state index in [0.29, 0.717) is 19.6 Å². The van der Waals surface area contributed by atoms with E-state index < -0.39 is 10.2 Å². The first-order valence-electron chi connectivity index (χ1n) is 5.93. The lowest BCUT2D eigenvalue weighted by Crippen LogP contribution is -2.54. The number of hydrogen-bond acceptors (Lipinski definition) is 3. The van der Waals surface area contributed by atoms with Crippen molar-refractivity contribution in [3.05, 3.63) is 0 Å². The first-order valence-corrected chi connectivity index (χ1v) is 7.33. The fourth-order valence-corrected chi connectivity index (χ4v) is 3.29. The molecule has 96 valence electrons. The van der Waals surface area contributed by atoms with Gasteiger partial charge < -0.3 is 5.32 Å². The second-order valence-corrected chi connectivity index (χ2v) is 6.43. The SMILES string of the molecule is CCCCN(C)S(=O)(=O)N1CCN[C@@H](C)C1. The van der Waals surface area contributed by atoms with Crippen LogP contribution in [0.25, 0.3) is 0 Å². The molecule has 1 atom stereocenters. The lowest BCUT2D eigenvalue weighted by Gasteiger charge is -2.33. The number of nitrogens with one attached hydrogen (secondary N) is 1. The predicted molar refractivity (Wildman–Crippen MR) is 65.5 cm³/mol. The highest BCUT2D eigenvalue weighted by molar-refractivity contribution is 7.86. The van der Waals surface area contributed by atoms with Crippen LogP contribution in [0.2, 0.25) is 0 Å². The third kappa shape index (κ3) is 3.41. The first-order chi connectivity index (χ1) is 7.48. The van der Waals surface area contributed by atoms with Crippen LogP contribution >= 0.6 is 0 Å². The third-order valence-electron chi connectivity index (χ3n) is 2.88. The Bertz CT molecular complexity index is 305. The van der Waals surface area contributed by atoms with E-state index >= 15 is 0 Å². The van der Waals surface area contributed by atoms with Crippen molar-refractivity contribution in [3.8, 4) is 0 Å². The van der Waals surface area contributed by atoms with E-state index in [4.69, 9.17) is 0 Å². The van der Waals surface area contributed by atoms with E-state index in [1.807, 2.05) is 6.92 Å². The topological polar surface area (TPSA) is 52.7 Å². The largest absolute Gasteiger partial charge is 0.312 e. The van der Waals surface area contributed by atoms with Crippen molar-refractivity contribution in [1.29, 1.82) is 0 Å². The Morgan fingerprint density at radius 2 is 2.19 bits per heavy atom. The minimum absolute atomic E-state index is 0.239. The number of hydrogen-bond donors (Lipinski definition) is 1. The molecule has 1 saturated heterocycles. The normalized spacial score (nSPS) is 23.9. The van der Waals surface area contributed by atoms with Gasteiger partial charge in [-0.1, -0.05) is 13.3 Å². The van der Waals surface area contributed by atoms with Gasteiger partial charge in [-0.25, -0.2) is 0 Å². The van der Waals surface area contributed by atoms with Gasteiger partial charge in [0.2, 0.25) is 0 Å². The van der Waals surface area contributed by atoms with Gasteiger partial charge in [0.15, 0.2) is 0 Å². The summed E-state index contributed by atoms with van der Waals surface area (Å²) in [5, 5.41) is 3.24. The van der Waals surface area contributed by atoms with E-state index in [9.17, 15) is 8.42 Å². The van der Waals surface area contributed by atoms with E-state index in [1.165, 1.54) is 4.31 Å². The van der Waals surface area contributed by atoms with Gasteiger partial charge in [0.1, 0.15) is 0 Å². The molecule has 0 amide bonds. The van der Waals surface area contributed by atoms with Crippen molar-refractivity contribution in [2.75, 3.05) is 33.2 Å². The quantitative estimate of drug-likeness (QED) is 0.760. The van der Waals surface area contributed by atoms with Crippen LogP contribution in [0, 0.1) is 0 Å². The smallest absolute Gasteiger partial charge is 0.281 e. The molecule has 0 aromatic carbocycles. The van der Waals surface area contributed by atoms with Crippen LogP contribution in [0.5, 0.6) is 0 Å². The van der Waals surface area contributed by atoms with Crippen LogP contribution in [-0.2, 0) is 10.2 Å². The predicted octanol–water partition coefficient (Wildman–Crippen LogP) is 0.257. The van der Waals surface area contributed by atoms with Crippen molar-refractivity contribution in [3.63, 3.8) is 0 Å². The molecular formula is C10H23N3O2S. The Kier molecular flexibility index (Phi) is 5.17. The van der Waals surface area contributed by atoms with Crippen molar-refractivity contribution in [2.45, 2.75) is 32.7 Å². The van der Waals surface area contributed by atoms with Crippen LogP contribution < -0.4 is 5.32 Å². The van der Waals surface area contributed by atoms with Crippen LogP contribution in [-0.4, -0.2) is 56.3 Å². The molecule has 16 heavy (non-hydrogen) atoms. The molecule has 0 aromatic heterocycles. The molecule has 1 fully saturated rings. The van der Waals surface area contributed by atoms with Crippen LogP contribution in [0.1, 0.15) is 26.7 Å². The van der Waals surface area contributed by atoms with Gasteiger partial charge in [-0.3, -0.25) is 0 Å². The molecule has 1 aliphatic heterocycles.